The van der Waals surface area contributed by atoms with E-state index in [0.29, 0.717) is 6.42 Å². The topological polar surface area (TPSA) is 71.8 Å². The third-order valence-corrected chi connectivity index (χ3v) is 3.07. The summed E-state index contributed by atoms with van der Waals surface area (Å²) in [5, 5.41) is 0.971. The third kappa shape index (κ3) is 2.33. The van der Waals surface area contributed by atoms with Gasteiger partial charge < -0.3 is 10.7 Å². The molecule has 4 nitrogen and oxygen atoms in total. The maximum atomic E-state index is 11.6. The minimum Gasteiger partial charge on any atom is -0.399 e. The van der Waals surface area contributed by atoms with E-state index in [4.69, 9.17) is 5.73 Å². The average Bonchev–Trinajstić information content (AvgIpc) is 2.41. The highest BCUT2D eigenvalue weighted by molar-refractivity contribution is 5.80. The molecule has 19 heavy (non-hydrogen) atoms. The first-order valence-electron chi connectivity index (χ1n) is 6.05. The summed E-state index contributed by atoms with van der Waals surface area (Å²) in [5.74, 6) is 0. The van der Waals surface area contributed by atoms with Crippen LogP contribution >= 0.6 is 0 Å². The first-order valence-corrected chi connectivity index (χ1v) is 6.05. The van der Waals surface area contributed by atoms with Crippen molar-refractivity contribution in [3.63, 3.8) is 0 Å². The van der Waals surface area contributed by atoms with Crippen molar-refractivity contribution < 1.29 is 0 Å². The summed E-state index contributed by atoms with van der Waals surface area (Å²) in [6.07, 6.45) is 0.616. The zero-order valence-corrected chi connectivity index (χ0v) is 10.3. The number of H-pyrrole nitrogens is 1. The number of rotatable bonds is 2. The molecule has 0 bridgehead atoms. The Bertz CT molecular complexity index is 775. The summed E-state index contributed by atoms with van der Waals surface area (Å²) in [7, 11) is 0. The van der Waals surface area contributed by atoms with Gasteiger partial charge in [0.2, 0.25) is 0 Å². The molecule has 1 aromatic heterocycles. The number of nitrogen functional groups attached to an aromatic ring is 1. The van der Waals surface area contributed by atoms with Crippen molar-refractivity contribution in [2.75, 3.05) is 5.73 Å². The van der Waals surface area contributed by atoms with E-state index in [1.807, 2.05) is 48.5 Å². The fourth-order valence-electron chi connectivity index (χ4n) is 2.13. The number of anilines is 1. The smallest absolute Gasteiger partial charge is 0.345 e. The Morgan fingerprint density at radius 1 is 1.05 bits per heavy atom. The molecule has 3 aromatic rings. The molecule has 0 unspecified atom stereocenters. The summed E-state index contributed by atoms with van der Waals surface area (Å²) >= 11 is 0. The molecule has 2 aromatic carbocycles. The van der Waals surface area contributed by atoms with Gasteiger partial charge in [-0.05, 0) is 23.8 Å². The van der Waals surface area contributed by atoms with Gasteiger partial charge in [-0.2, -0.15) is 4.98 Å². The number of nitrogens with two attached hydrogens (primary N) is 1. The minimum atomic E-state index is -0.316. The van der Waals surface area contributed by atoms with E-state index in [2.05, 4.69) is 9.97 Å². The van der Waals surface area contributed by atoms with E-state index in [0.717, 1.165) is 27.8 Å². The average molecular weight is 251 g/mol. The highest BCUT2D eigenvalue weighted by atomic mass is 16.1. The third-order valence-electron chi connectivity index (χ3n) is 3.07. The molecular formula is C15H13N3O. The van der Waals surface area contributed by atoms with E-state index in [-0.39, 0.29) is 5.69 Å². The maximum absolute atomic E-state index is 11.6. The van der Waals surface area contributed by atoms with Gasteiger partial charge in [-0.3, -0.25) is 0 Å². The van der Waals surface area contributed by atoms with Crippen LogP contribution in [0.1, 0.15) is 11.3 Å². The Labute approximate surface area is 109 Å². The second-order valence-corrected chi connectivity index (χ2v) is 4.45. The number of benzene rings is 2. The highest BCUT2D eigenvalue weighted by Crippen LogP contribution is 2.17. The number of aromatic amines is 1. The number of para-hydroxylation sites is 1. The molecule has 0 spiro atoms. The van der Waals surface area contributed by atoms with Crippen LogP contribution in [-0.2, 0) is 6.42 Å². The quantitative estimate of drug-likeness (QED) is 0.685. The number of nitrogens with zero attached hydrogens (tertiary/aromatic N) is 1. The lowest BCUT2D eigenvalue weighted by Gasteiger charge is -2.05. The Morgan fingerprint density at radius 2 is 1.79 bits per heavy atom. The lowest BCUT2D eigenvalue weighted by molar-refractivity contribution is 1.01. The predicted octanol–water partition coefficient (Wildman–Crippen LogP) is 2.10. The molecule has 0 saturated carbocycles. The molecule has 0 aliphatic heterocycles. The molecule has 0 radical (unpaired) electrons. The molecule has 0 aliphatic rings. The Hall–Kier alpha value is -2.62. The second-order valence-electron chi connectivity index (χ2n) is 4.45. The molecule has 94 valence electrons. The minimum absolute atomic E-state index is 0.316. The van der Waals surface area contributed by atoms with Crippen LogP contribution in [-0.4, -0.2) is 9.97 Å². The van der Waals surface area contributed by atoms with Crippen LogP contribution in [0, 0.1) is 0 Å². The number of aromatic nitrogens is 2. The molecular weight excluding hydrogens is 238 g/mol. The Morgan fingerprint density at radius 3 is 2.58 bits per heavy atom. The Kier molecular flexibility index (Phi) is 2.76. The lowest BCUT2D eigenvalue weighted by Crippen LogP contribution is -2.13. The van der Waals surface area contributed by atoms with Gasteiger partial charge in [0.1, 0.15) is 0 Å². The largest absolute Gasteiger partial charge is 0.399 e. The van der Waals surface area contributed by atoms with Crippen molar-refractivity contribution in [1.82, 2.24) is 9.97 Å². The summed E-state index contributed by atoms with van der Waals surface area (Å²) in [5.41, 5.74) is 8.75. The first-order chi connectivity index (χ1) is 9.22. The maximum Gasteiger partial charge on any atom is 0.345 e. The summed E-state index contributed by atoms with van der Waals surface area (Å²) in [6.45, 7) is 0. The fraction of sp³-hybridized carbons (Fsp3) is 0.0667. The normalized spacial score (nSPS) is 10.7. The monoisotopic (exact) mass is 251 g/mol. The molecule has 0 atom stereocenters. The molecule has 1 heterocycles. The molecule has 0 fully saturated rings. The molecule has 0 aliphatic carbocycles. The fourth-order valence-corrected chi connectivity index (χ4v) is 2.13. The van der Waals surface area contributed by atoms with Crippen LogP contribution in [0.4, 0.5) is 5.69 Å². The summed E-state index contributed by atoms with van der Waals surface area (Å²) in [4.78, 5) is 18.4. The van der Waals surface area contributed by atoms with Gasteiger partial charge in [0.15, 0.2) is 0 Å². The van der Waals surface area contributed by atoms with Crippen LogP contribution in [0.3, 0.4) is 0 Å². The number of hydrogen-bond donors (Lipinski definition) is 2. The van der Waals surface area contributed by atoms with Crippen molar-refractivity contribution in [2.45, 2.75) is 6.42 Å². The van der Waals surface area contributed by atoms with E-state index >= 15 is 0 Å². The van der Waals surface area contributed by atoms with Crippen LogP contribution in [0.25, 0.3) is 10.9 Å². The zero-order valence-electron chi connectivity index (χ0n) is 10.3. The SMILES string of the molecule is Nc1ccc(Cc2nc(=O)[nH]c3ccccc23)cc1. The molecule has 3 N–H and O–H groups in total. The highest BCUT2D eigenvalue weighted by Gasteiger charge is 2.05. The van der Waals surface area contributed by atoms with Gasteiger partial charge >= 0.3 is 5.69 Å². The Balaban J connectivity index is 2.09. The number of fused-ring (bicyclic) bond motifs is 1. The van der Waals surface area contributed by atoms with E-state index in [9.17, 15) is 4.79 Å². The van der Waals surface area contributed by atoms with Crippen molar-refractivity contribution in [3.8, 4) is 0 Å². The molecule has 0 amide bonds. The number of nitrogens with one attached hydrogen (secondary N) is 1. The van der Waals surface area contributed by atoms with E-state index in [1.165, 1.54) is 0 Å². The van der Waals surface area contributed by atoms with Crippen molar-refractivity contribution in [2.24, 2.45) is 0 Å². The van der Waals surface area contributed by atoms with E-state index in [1.54, 1.807) is 0 Å². The van der Waals surface area contributed by atoms with Gasteiger partial charge in [-0.1, -0.05) is 30.3 Å². The van der Waals surface area contributed by atoms with Crippen molar-refractivity contribution in [3.05, 3.63) is 70.3 Å². The molecule has 4 heteroatoms. The van der Waals surface area contributed by atoms with Crippen LogP contribution in [0.5, 0.6) is 0 Å². The van der Waals surface area contributed by atoms with Crippen molar-refractivity contribution in [1.29, 1.82) is 0 Å². The summed E-state index contributed by atoms with van der Waals surface area (Å²) < 4.78 is 0. The zero-order chi connectivity index (χ0) is 13.2. The van der Waals surface area contributed by atoms with Gasteiger partial charge in [0.05, 0.1) is 11.2 Å². The van der Waals surface area contributed by atoms with Gasteiger partial charge in [-0.25, -0.2) is 4.79 Å². The van der Waals surface area contributed by atoms with Gasteiger partial charge in [-0.15, -0.1) is 0 Å². The molecule has 3 rings (SSSR count). The van der Waals surface area contributed by atoms with Crippen LogP contribution < -0.4 is 11.4 Å². The van der Waals surface area contributed by atoms with Crippen LogP contribution in [0.2, 0.25) is 0 Å². The lowest BCUT2D eigenvalue weighted by atomic mass is 10.1. The second kappa shape index (κ2) is 4.57. The standard InChI is InChI=1S/C15H13N3O/c16-11-7-5-10(6-8-11)9-14-12-3-1-2-4-13(12)17-15(19)18-14/h1-8H,9,16H2,(H,17,18,19). The molecule has 0 saturated heterocycles. The first kappa shape index (κ1) is 11.5. The number of hydrogen-bond acceptors (Lipinski definition) is 3. The summed E-state index contributed by atoms with van der Waals surface area (Å²) in [6, 6.07) is 15.3. The van der Waals surface area contributed by atoms with Gasteiger partial charge in [0.25, 0.3) is 0 Å². The van der Waals surface area contributed by atoms with E-state index < -0.39 is 0 Å². The van der Waals surface area contributed by atoms with Crippen molar-refractivity contribution >= 4 is 16.6 Å². The van der Waals surface area contributed by atoms with Crippen LogP contribution in [0.15, 0.2) is 53.3 Å². The van der Waals surface area contributed by atoms with Gasteiger partial charge in [0, 0.05) is 17.5 Å². The predicted molar refractivity (Wildman–Crippen MR) is 76.0 cm³/mol.